The summed E-state index contributed by atoms with van der Waals surface area (Å²) in [7, 11) is 0. The van der Waals surface area contributed by atoms with Crippen LogP contribution in [0.3, 0.4) is 0 Å². The average molecular weight is 144 g/mol. The van der Waals surface area contributed by atoms with Crippen molar-refractivity contribution in [3.05, 3.63) is 5.53 Å². The number of rotatable bonds is 1. The molecule has 5 heteroatoms. The van der Waals surface area contributed by atoms with E-state index in [0.717, 1.165) is 5.11 Å². The molecule has 0 aliphatic carbocycles. The first-order valence-corrected chi connectivity index (χ1v) is 2.73. The summed E-state index contributed by atoms with van der Waals surface area (Å²) in [6.07, 6.45) is -0.357. The van der Waals surface area contributed by atoms with Gasteiger partial charge in [0.1, 0.15) is 0 Å². The van der Waals surface area contributed by atoms with Crippen LogP contribution < -0.4 is 5.11 Å². The molecule has 0 saturated carbocycles. The third-order valence-electron chi connectivity index (χ3n) is 0.630. The second kappa shape index (κ2) is 3.71. The fraction of sp³-hybridized carbons (Fsp3) is 0.600. The maximum Gasteiger partial charge on any atom is 0.484 e. The topological polar surface area (TPSA) is 79.6 Å². The molecular formula is C5H8N2O3. The Kier molecular flexibility index (Phi) is 3.24. The highest BCUT2D eigenvalue weighted by Crippen LogP contribution is 1.86. The molecule has 0 bridgehead atoms. The molecule has 0 rings (SSSR count). The van der Waals surface area contributed by atoms with Crippen LogP contribution in [0.1, 0.15) is 13.8 Å². The van der Waals surface area contributed by atoms with Crippen molar-refractivity contribution in [3.63, 3.8) is 0 Å². The van der Waals surface area contributed by atoms with Crippen molar-refractivity contribution in [3.8, 4) is 0 Å². The molecule has 0 spiro atoms. The molecule has 0 aromatic carbocycles. The van der Waals surface area contributed by atoms with E-state index in [1.807, 2.05) is 0 Å². The molecule has 1 N–H and O–H groups in total. The van der Waals surface area contributed by atoms with E-state index < -0.39 is 11.9 Å². The Morgan fingerprint density at radius 1 is 1.50 bits per heavy atom. The van der Waals surface area contributed by atoms with Gasteiger partial charge in [0.05, 0.1) is 6.10 Å². The Morgan fingerprint density at radius 2 is 2.00 bits per heavy atom. The van der Waals surface area contributed by atoms with E-state index in [9.17, 15) is 9.59 Å². The summed E-state index contributed by atoms with van der Waals surface area (Å²) in [5, 5.41) is 1.16. The minimum absolute atomic E-state index is 0.357. The van der Waals surface area contributed by atoms with Crippen molar-refractivity contribution in [1.29, 1.82) is 0 Å². The van der Waals surface area contributed by atoms with Crippen LogP contribution >= 0.6 is 0 Å². The fourth-order valence-electron chi connectivity index (χ4n) is 0.313. The molecule has 0 fully saturated rings. The van der Waals surface area contributed by atoms with Gasteiger partial charge >= 0.3 is 11.9 Å². The Labute approximate surface area is 57.9 Å². The fourth-order valence-corrected chi connectivity index (χ4v) is 0.313. The maximum atomic E-state index is 10.4. The molecule has 0 unspecified atom stereocenters. The number of nitrogens with one attached hydrogen (secondary N) is 1. The van der Waals surface area contributed by atoms with Crippen LogP contribution in [0.2, 0.25) is 0 Å². The first-order valence-electron chi connectivity index (χ1n) is 2.73. The molecule has 0 aliphatic rings. The van der Waals surface area contributed by atoms with Crippen LogP contribution in [0.5, 0.6) is 0 Å². The number of amides is 1. The number of carbonyl (C=O) groups excluding carboxylic acids is 2. The standard InChI is InChI=1S/C5H8N2O3/c1-3(2)10-5(9)4(8)7-6/h3,7H,1-2H3. The zero-order valence-electron chi connectivity index (χ0n) is 5.75. The summed E-state index contributed by atoms with van der Waals surface area (Å²) in [6, 6.07) is 0. The van der Waals surface area contributed by atoms with E-state index in [0.29, 0.717) is 0 Å². The predicted molar refractivity (Wildman–Crippen MR) is 30.6 cm³/mol. The normalized spacial score (nSPS) is 9.10. The predicted octanol–water partition coefficient (Wildman–Crippen LogP) is -1.43. The van der Waals surface area contributed by atoms with Crippen LogP contribution in [0, 0.1) is 0 Å². The van der Waals surface area contributed by atoms with Gasteiger partial charge in [0.2, 0.25) is 0 Å². The van der Waals surface area contributed by atoms with Gasteiger partial charge in [0.25, 0.3) is 0 Å². The van der Waals surface area contributed by atoms with Crippen LogP contribution in [0.25, 0.3) is 5.53 Å². The molecule has 0 aromatic rings. The molecule has 5 nitrogen and oxygen atoms in total. The van der Waals surface area contributed by atoms with Crippen molar-refractivity contribution < 1.29 is 19.4 Å². The van der Waals surface area contributed by atoms with Crippen LogP contribution in [-0.2, 0) is 14.3 Å². The highest BCUT2D eigenvalue weighted by Gasteiger charge is 2.18. The molecule has 0 heterocycles. The summed E-state index contributed by atoms with van der Waals surface area (Å²) in [6.45, 7) is 3.20. The molecule has 1 amide bonds. The first kappa shape index (κ1) is 8.74. The molecule has 56 valence electrons. The van der Waals surface area contributed by atoms with E-state index >= 15 is 0 Å². The van der Waals surface area contributed by atoms with E-state index in [2.05, 4.69) is 4.74 Å². The van der Waals surface area contributed by atoms with E-state index in [4.69, 9.17) is 5.53 Å². The third kappa shape index (κ3) is 2.91. The third-order valence-corrected chi connectivity index (χ3v) is 0.630. The molecule has 0 aliphatic heterocycles. The van der Waals surface area contributed by atoms with Crippen LogP contribution in [-0.4, -0.2) is 18.0 Å². The number of nitrogens with zero attached hydrogens (tertiary/aromatic N) is 1. The summed E-state index contributed by atoms with van der Waals surface area (Å²) in [5.74, 6) is -2.24. The smallest absolute Gasteiger partial charge is 0.484 e. The number of esters is 1. The Balaban J connectivity index is 3.85. The average Bonchev–Trinajstić information content (AvgIpc) is 1.85. The van der Waals surface area contributed by atoms with E-state index in [-0.39, 0.29) is 6.10 Å². The van der Waals surface area contributed by atoms with E-state index in [1.165, 1.54) is 0 Å². The van der Waals surface area contributed by atoms with Crippen molar-refractivity contribution in [2.24, 2.45) is 0 Å². The second-order valence-corrected chi connectivity index (χ2v) is 1.89. The van der Waals surface area contributed by atoms with Gasteiger partial charge in [0.15, 0.2) is 0 Å². The quantitative estimate of drug-likeness (QED) is 0.278. The van der Waals surface area contributed by atoms with Crippen molar-refractivity contribution in [1.82, 2.24) is 0 Å². The van der Waals surface area contributed by atoms with Crippen molar-refractivity contribution in [2.45, 2.75) is 20.0 Å². The number of ether oxygens (including phenoxy) is 1. The summed E-state index contributed by atoms with van der Waals surface area (Å²) in [4.78, 5) is 20.6. The largest absolute Gasteiger partial charge is 0.499 e. The molecule has 0 atom stereocenters. The van der Waals surface area contributed by atoms with Gasteiger partial charge in [-0.2, -0.15) is 0 Å². The van der Waals surface area contributed by atoms with Gasteiger partial charge in [-0.25, -0.2) is 9.59 Å². The van der Waals surface area contributed by atoms with Gasteiger partial charge in [0, 0.05) is 0 Å². The minimum atomic E-state index is -1.16. The van der Waals surface area contributed by atoms with Crippen molar-refractivity contribution in [2.75, 3.05) is 0 Å². The zero-order valence-corrected chi connectivity index (χ0v) is 5.75. The molecule has 10 heavy (non-hydrogen) atoms. The van der Waals surface area contributed by atoms with Crippen molar-refractivity contribution >= 4 is 11.9 Å². The molecular weight excluding hydrogens is 136 g/mol. The highest BCUT2D eigenvalue weighted by atomic mass is 16.5. The lowest BCUT2D eigenvalue weighted by Crippen LogP contribution is -2.71. The SMILES string of the molecule is CC(C)OC(=O)C(=O)[NH+]=[N-]. The zero-order chi connectivity index (χ0) is 8.15. The molecule has 0 saturated heterocycles. The lowest BCUT2D eigenvalue weighted by atomic mass is 10.5. The summed E-state index contributed by atoms with van der Waals surface area (Å²) < 4.78 is 4.39. The van der Waals surface area contributed by atoms with Gasteiger partial charge < -0.3 is 10.3 Å². The maximum absolute atomic E-state index is 10.4. The summed E-state index contributed by atoms with van der Waals surface area (Å²) in [5.41, 5.74) is 7.92. The Hall–Kier alpha value is -1.26. The number of hydrogen-bond donors (Lipinski definition) is 1. The lowest BCUT2D eigenvalue weighted by molar-refractivity contribution is -0.394. The van der Waals surface area contributed by atoms with Gasteiger partial charge in [-0.05, 0) is 13.8 Å². The second-order valence-electron chi connectivity index (χ2n) is 1.89. The Bertz CT molecular complexity index is 164. The minimum Gasteiger partial charge on any atom is -0.499 e. The van der Waals surface area contributed by atoms with Crippen LogP contribution in [0.4, 0.5) is 0 Å². The molecule has 0 radical (unpaired) electrons. The lowest BCUT2D eigenvalue weighted by Gasteiger charge is -2.01. The van der Waals surface area contributed by atoms with Gasteiger partial charge in [-0.1, -0.05) is 0 Å². The van der Waals surface area contributed by atoms with Crippen LogP contribution in [0.15, 0.2) is 0 Å². The Morgan fingerprint density at radius 3 is 2.30 bits per heavy atom. The highest BCUT2D eigenvalue weighted by molar-refractivity contribution is 6.27. The summed E-state index contributed by atoms with van der Waals surface area (Å²) >= 11 is 0. The van der Waals surface area contributed by atoms with Gasteiger partial charge in [-0.15, -0.1) is 0 Å². The first-order chi connectivity index (χ1) is 4.57. The van der Waals surface area contributed by atoms with E-state index in [1.54, 1.807) is 13.8 Å². The van der Waals surface area contributed by atoms with Gasteiger partial charge in [-0.3, -0.25) is 5.11 Å². The monoisotopic (exact) mass is 144 g/mol. The number of carbonyl (C=O) groups is 2. The molecule has 0 aromatic heterocycles. The number of hydrogen-bond acceptors (Lipinski definition) is 3.